The molecule has 1 aromatic carbocycles. The predicted octanol–water partition coefficient (Wildman–Crippen LogP) is 2.11. The van der Waals surface area contributed by atoms with Crippen LogP contribution in [0.25, 0.3) is 0 Å². The molecule has 5 nitrogen and oxygen atoms in total. The largest absolute Gasteiger partial charge is 0.497 e. The molecule has 6 heteroatoms. The minimum Gasteiger partial charge on any atom is -0.497 e. The van der Waals surface area contributed by atoms with Crippen molar-refractivity contribution in [2.24, 2.45) is 0 Å². The Kier molecular flexibility index (Phi) is 3.63. The standard InChI is InChI=1S/C11H12BrN3O2/c1-16-9-5-3-8(4-6-9)7-15-11(17-2)13-10(12)14-15/h3-6H,7H2,1-2H3. The van der Waals surface area contributed by atoms with Gasteiger partial charge in [-0.25, -0.2) is 4.68 Å². The summed E-state index contributed by atoms with van der Waals surface area (Å²) in [5.41, 5.74) is 1.10. The SMILES string of the molecule is COc1ccc(Cn2nc(Br)nc2OC)cc1. The molecule has 0 radical (unpaired) electrons. The molecule has 90 valence electrons. The van der Waals surface area contributed by atoms with E-state index in [1.54, 1.807) is 18.9 Å². The molecule has 2 rings (SSSR count). The van der Waals surface area contributed by atoms with Crippen molar-refractivity contribution in [2.75, 3.05) is 14.2 Å². The van der Waals surface area contributed by atoms with Crippen molar-refractivity contribution in [1.29, 1.82) is 0 Å². The maximum Gasteiger partial charge on any atom is 0.315 e. The summed E-state index contributed by atoms with van der Waals surface area (Å²) in [6.45, 7) is 0.603. The van der Waals surface area contributed by atoms with Crippen LogP contribution in [0.4, 0.5) is 0 Å². The van der Waals surface area contributed by atoms with Crippen LogP contribution in [0.3, 0.4) is 0 Å². The van der Waals surface area contributed by atoms with Crippen molar-refractivity contribution >= 4 is 15.9 Å². The van der Waals surface area contributed by atoms with Crippen LogP contribution in [-0.2, 0) is 6.54 Å². The zero-order valence-corrected chi connectivity index (χ0v) is 11.1. The first-order valence-corrected chi connectivity index (χ1v) is 5.79. The second kappa shape index (κ2) is 5.18. The Morgan fingerprint density at radius 1 is 1.18 bits per heavy atom. The number of hydrogen-bond donors (Lipinski definition) is 0. The van der Waals surface area contributed by atoms with Crippen molar-refractivity contribution in [3.8, 4) is 11.8 Å². The molecule has 0 fully saturated rings. The molecule has 0 spiro atoms. The number of nitrogens with zero attached hydrogens (tertiary/aromatic N) is 3. The maximum absolute atomic E-state index is 5.12. The van der Waals surface area contributed by atoms with Gasteiger partial charge in [0.15, 0.2) is 0 Å². The minimum atomic E-state index is 0.479. The van der Waals surface area contributed by atoms with Crippen LogP contribution in [0.15, 0.2) is 29.0 Å². The molecule has 0 atom stereocenters. The van der Waals surface area contributed by atoms with Crippen LogP contribution >= 0.6 is 15.9 Å². The molecule has 1 aromatic heterocycles. The lowest BCUT2D eigenvalue weighted by molar-refractivity contribution is 0.352. The van der Waals surface area contributed by atoms with E-state index in [0.717, 1.165) is 11.3 Å². The van der Waals surface area contributed by atoms with E-state index in [9.17, 15) is 0 Å². The third kappa shape index (κ3) is 2.76. The molecule has 0 bridgehead atoms. The third-order valence-corrected chi connectivity index (χ3v) is 2.62. The number of halogens is 1. The van der Waals surface area contributed by atoms with Crippen LogP contribution < -0.4 is 9.47 Å². The molecular weight excluding hydrogens is 286 g/mol. The molecule has 0 amide bonds. The fourth-order valence-corrected chi connectivity index (χ4v) is 1.80. The van der Waals surface area contributed by atoms with Gasteiger partial charge in [0.05, 0.1) is 20.8 Å². The van der Waals surface area contributed by atoms with E-state index in [2.05, 4.69) is 26.0 Å². The smallest absolute Gasteiger partial charge is 0.315 e. The number of aromatic nitrogens is 3. The molecule has 17 heavy (non-hydrogen) atoms. The second-order valence-electron chi connectivity index (χ2n) is 3.37. The van der Waals surface area contributed by atoms with Gasteiger partial charge in [0.1, 0.15) is 5.75 Å². The lowest BCUT2D eigenvalue weighted by Crippen LogP contribution is -2.04. The third-order valence-electron chi connectivity index (χ3n) is 2.29. The van der Waals surface area contributed by atoms with Crippen molar-refractivity contribution in [3.05, 3.63) is 34.6 Å². The normalized spacial score (nSPS) is 10.3. The number of hydrogen-bond acceptors (Lipinski definition) is 4. The summed E-state index contributed by atoms with van der Waals surface area (Å²) in [6.07, 6.45) is 0. The zero-order chi connectivity index (χ0) is 12.3. The van der Waals surface area contributed by atoms with Gasteiger partial charge in [-0.1, -0.05) is 12.1 Å². The number of methoxy groups -OCH3 is 2. The topological polar surface area (TPSA) is 49.2 Å². The van der Waals surface area contributed by atoms with E-state index in [4.69, 9.17) is 9.47 Å². The van der Waals surface area contributed by atoms with E-state index < -0.39 is 0 Å². The van der Waals surface area contributed by atoms with Gasteiger partial charge in [-0.2, -0.15) is 4.98 Å². The highest BCUT2D eigenvalue weighted by Crippen LogP contribution is 2.16. The lowest BCUT2D eigenvalue weighted by Gasteiger charge is -2.05. The van der Waals surface area contributed by atoms with Crippen molar-refractivity contribution in [3.63, 3.8) is 0 Å². The number of benzene rings is 1. The maximum atomic E-state index is 5.12. The van der Waals surface area contributed by atoms with E-state index in [1.807, 2.05) is 24.3 Å². The summed E-state index contributed by atoms with van der Waals surface area (Å²) in [4.78, 5) is 4.08. The number of ether oxygens (including phenoxy) is 2. The van der Waals surface area contributed by atoms with E-state index in [1.165, 1.54) is 0 Å². The van der Waals surface area contributed by atoms with Crippen LogP contribution in [0.1, 0.15) is 5.56 Å². The van der Waals surface area contributed by atoms with Gasteiger partial charge in [0, 0.05) is 0 Å². The first-order valence-electron chi connectivity index (χ1n) is 5.00. The molecule has 0 unspecified atom stereocenters. The Labute approximate surface area is 108 Å². The average Bonchev–Trinajstić information content (AvgIpc) is 2.70. The van der Waals surface area contributed by atoms with E-state index in [0.29, 0.717) is 17.3 Å². The predicted molar refractivity (Wildman–Crippen MR) is 66.4 cm³/mol. The fourth-order valence-electron chi connectivity index (χ4n) is 1.46. The van der Waals surface area contributed by atoms with Crippen LogP contribution in [-0.4, -0.2) is 29.0 Å². The first kappa shape index (κ1) is 11.9. The highest BCUT2D eigenvalue weighted by atomic mass is 79.9. The van der Waals surface area contributed by atoms with Gasteiger partial charge < -0.3 is 9.47 Å². The summed E-state index contributed by atoms with van der Waals surface area (Å²) < 4.78 is 12.4. The van der Waals surface area contributed by atoms with Crippen molar-refractivity contribution in [2.45, 2.75) is 6.54 Å². The van der Waals surface area contributed by atoms with Crippen molar-refractivity contribution < 1.29 is 9.47 Å². The Morgan fingerprint density at radius 3 is 2.47 bits per heavy atom. The molecule has 0 N–H and O–H groups in total. The zero-order valence-electron chi connectivity index (χ0n) is 9.55. The van der Waals surface area contributed by atoms with Gasteiger partial charge in [0.25, 0.3) is 0 Å². The summed E-state index contributed by atoms with van der Waals surface area (Å²) >= 11 is 3.22. The summed E-state index contributed by atoms with van der Waals surface area (Å²) in [7, 11) is 3.22. The summed E-state index contributed by atoms with van der Waals surface area (Å²) in [5.74, 6) is 0.834. The Morgan fingerprint density at radius 2 is 1.88 bits per heavy atom. The molecular formula is C11H12BrN3O2. The monoisotopic (exact) mass is 297 g/mol. The quantitative estimate of drug-likeness (QED) is 0.867. The Bertz CT molecular complexity index is 496. The van der Waals surface area contributed by atoms with Gasteiger partial charge in [0.2, 0.25) is 4.73 Å². The van der Waals surface area contributed by atoms with Gasteiger partial charge >= 0.3 is 6.01 Å². The molecule has 0 aliphatic heterocycles. The summed E-state index contributed by atoms with van der Waals surface area (Å²) in [5, 5.41) is 4.19. The Balaban J connectivity index is 2.18. The number of rotatable bonds is 4. The molecule has 2 aromatic rings. The highest BCUT2D eigenvalue weighted by Gasteiger charge is 2.08. The van der Waals surface area contributed by atoms with E-state index >= 15 is 0 Å². The Hall–Kier alpha value is -1.56. The molecule has 0 saturated carbocycles. The molecule has 0 saturated heterocycles. The van der Waals surface area contributed by atoms with Crippen LogP contribution in [0, 0.1) is 0 Å². The van der Waals surface area contributed by atoms with Gasteiger partial charge in [-0.15, -0.1) is 5.10 Å². The first-order chi connectivity index (χ1) is 8.22. The van der Waals surface area contributed by atoms with E-state index in [-0.39, 0.29) is 0 Å². The minimum absolute atomic E-state index is 0.479. The van der Waals surface area contributed by atoms with Gasteiger partial charge in [-0.3, -0.25) is 0 Å². The molecule has 0 aliphatic carbocycles. The van der Waals surface area contributed by atoms with Crippen LogP contribution in [0.2, 0.25) is 0 Å². The van der Waals surface area contributed by atoms with Crippen LogP contribution in [0.5, 0.6) is 11.8 Å². The highest BCUT2D eigenvalue weighted by molar-refractivity contribution is 9.10. The average molecular weight is 298 g/mol. The van der Waals surface area contributed by atoms with Crippen molar-refractivity contribution in [1.82, 2.24) is 14.8 Å². The fraction of sp³-hybridized carbons (Fsp3) is 0.273. The summed E-state index contributed by atoms with van der Waals surface area (Å²) in [6, 6.07) is 8.26. The molecule has 1 heterocycles. The molecule has 0 aliphatic rings. The second-order valence-corrected chi connectivity index (χ2v) is 4.08. The lowest BCUT2D eigenvalue weighted by atomic mass is 10.2. The van der Waals surface area contributed by atoms with Gasteiger partial charge in [-0.05, 0) is 33.6 Å².